The van der Waals surface area contributed by atoms with Gasteiger partial charge in [0.05, 0.1) is 0 Å². The fourth-order valence-electron chi connectivity index (χ4n) is 1.68. The zero-order valence-corrected chi connectivity index (χ0v) is 9.72. The molecule has 2 unspecified atom stereocenters. The molecule has 0 amide bonds. The quantitative estimate of drug-likeness (QED) is 0.747. The summed E-state index contributed by atoms with van der Waals surface area (Å²) in [5.41, 5.74) is 5.45. The van der Waals surface area contributed by atoms with Crippen LogP contribution in [0.5, 0.6) is 0 Å². The topological polar surface area (TPSA) is 52.3 Å². The van der Waals surface area contributed by atoms with Crippen LogP contribution >= 0.6 is 0 Å². The van der Waals surface area contributed by atoms with Crippen LogP contribution in [0.15, 0.2) is 0 Å². The summed E-state index contributed by atoms with van der Waals surface area (Å²) in [6.45, 7) is 4.35. The van der Waals surface area contributed by atoms with E-state index in [4.69, 9.17) is 10.5 Å². The van der Waals surface area contributed by atoms with E-state index < -0.39 is 10.8 Å². The van der Waals surface area contributed by atoms with E-state index in [1.54, 1.807) is 0 Å². The van der Waals surface area contributed by atoms with Gasteiger partial charge in [-0.15, -0.1) is 0 Å². The Morgan fingerprint density at radius 3 is 2.71 bits per heavy atom. The molecule has 1 aliphatic rings. The molecule has 0 spiro atoms. The number of hydrogen-bond donors (Lipinski definition) is 1. The highest BCUT2D eigenvalue weighted by molar-refractivity contribution is 7.85. The van der Waals surface area contributed by atoms with Crippen molar-refractivity contribution in [3.63, 3.8) is 0 Å². The molecular formula is C10H21NO2S. The molecule has 2 atom stereocenters. The predicted octanol–water partition coefficient (Wildman–Crippen LogP) is 0.899. The fourth-order valence-corrected chi connectivity index (χ4v) is 3.20. The Kier molecular flexibility index (Phi) is 5.67. The van der Waals surface area contributed by atoms with Gasteiger partial charge in [-0.25, -0.2) is 0 Å². The largest absolute Gasteiger partial charge is 0.381 e. The molecule has 0 aliphatic carbocycles. The van der Waals surface area contributed by atoms with Crippen LogP contribution < -0.4 is 5.73 Å². The Bertz CT molecular complexity index is 181. The highest BCUT2D eigenvalue weighted by Crippen LogP contribution is 2.17. The minimum absolute atomic E-state index is 0.253. The van der Waals surface area contributed by atoms with Crippen molar-refractivity contribution in [2.45, 2.75) is 31.4 Å². The summed E-state index contributed by atoms with van der Waals surface area (Å²) in [5.74, 6) is 1.44. The number of nitrogens with two attached hydrogens (primary N) is 1. The molecule has 84 valence electrons. The molecule has 1 aliphatic heterocycles. The molecule has 0 aromatic carbocycles. The fraction of sp³-hybridized carbons (Fsp3) is 1.00. The molecule has 4 heteroatoms. The van der Waals surface area contributed by atoms with Gasteiger partial charge in [-0.1, -0.05) is 6.92 Å². The Morgan fingerprint density at radius 2 is 2.14 bits per heavy atom. The summed E-state index contributed by atoms with van der Waals surface area (Å²) in [4.78, 5) is 0. The second-order valence-electron chi connectivity index (χ2n) is 3.99. The molecule has 0 radical (unpaired) electrons. The first-order valence-electron chi connectivity index (χ1n) is 5.39. The maximum Gasteiger partial charge on any atom is 0.0469 e. The van der Waals surface area contributed by atoms with E-state index in [0.717, 1.165) is 38.2 Å². The van der Waals surface area contributed by atoms with Crippen molar-refractivity contribution in [1.29, 1.82) is 0 Å². The molecule has 0 aromatic heterocycles. The average Bonchev–Trinajstić information content (AvgIpc) is 2.19. The van der Waals surface area contributed by atoms with E-state index >= 15 is 0 Å². The van der Waals surface area contributed by atoms with E-state index in [9.17, 15) is 4.21 Å². The lowest BCUT2D eigenvalue weighted by Crippen LogP contribution is -2.26. The Morgan fingerprint density at radius 1 is 1.50 bits per heavy atom. The maximum atomic E-state index is 11.8. The third-order valence-corrected chi connectivity index (χ3v) is 4.70. The summed E-state index contributed by atoms with van der Waals surface area (Å²) in [6.07, 6.45) is 3.01. The lowest BCUT2D eigenvalue weighted by atomic mass is 10.0. The van der Waals surface area contributed by atoms with E-state index in [1.807, 2.05) is 6.92 Å². The second kappa shape index (κ2) is 6.53. The van der Waals surface area contributed by atoms with Crippen molar-refractivity contribution in [3.8, 4) is 0 Å². The van der Waals surface area contributed by atoms with Gasteiger partial charge in [-0.3, -0.25) is 4.21 Å². The van der Waals surface area contributed by atoms with Crippen molar-refractivity contribution in [1.82, 2.24) is 0 Å². The van der Waals surface area contributed by atoms with Gasteiger partial charge in [0, 0.05) is 35.0 Å². The summed E-state index contributed by atoms with van der Waals surface area (Å²) < 4.78 is 17.1. The van der Waals surface area contributed by atoms with Gasteiger partial charge in [0.25, 0.3) is 0 Å². The average molecular weight is 219 g/mol. The lowest BCUT2D eigenvalue weighted by molar-refractivity contribution is 0.0725. The Labute approximate surface area is 88.8 Å². The predicted molar refractivity (Wildman–Crippen MR) is 59.7 cm³/mol. The first-order chi connectivity index (χ1) is 6.74. The molecule has 1 saturated heterocycles. The van der Waals surface area contributed by atoms with E-state index in [0.29, 0.717) is 12.5 Å². The first kappa shape index (κ1) is 12.1. The molecule has 14 heavy (non-hydrogen) atoms. The second-order valence-corrected chi connectivity index (χ2v) is 5.89. The van der Waals surface area contributed by atoms with E-state index in [1.165, 1.54) is 0 Å². The normalized spacial score (nSPS) is 23.3. The van der Waals surface area contributed by atoms with Gasteiger partial charge < -0.3 is 10.5 Å². The highest BCUT2D eigenvalue weighted by Gasteiger charge is 2.19. The van der Waals surface area contributed by atoms with Crippen LogP contribution in [0.25, 0.3) is 0 Å². The molecule has 1 heterocycles. The van der Waals surface area contributed by atoms with Crippen molar-refractivity contribution in [2.75, 3.05) is 25.5 Å². The zero-order chi connectivity index (χ0) is 10.4. The van der Waals surface area contributed by atoms with E-state index in [-0.39, 0.29) is 5.25 Å². The van der Waals surface area contributed by atoms with Gasteiger partial charge in [-0.05, 0) is 31.7 Å². The van der Waals surface area contributed by atoms with E-state index in [2.05, 4.69) is 0 Å². The van der Waals surface area contributed by atoms with Crippen molar-refractivity contribution < 1.29 is 8.95 Å². The third kappa shape index (κ3) is 4.07. The lowest BCUT2D eigenvalue weighted by Gasteiger charge is -2.22. The van der Waals surface area contributed by atoms with Gasteiger partial charge >= 0.3 is 0 Å². The monoisotopic (exact) mass is 219 g/mol. The van der Waals surface area contributed by atoms with Crippen molar-refractivity contribution in [3.05, 3.63) is 0 Å². The molecule has 0 saturated carbocycles. The molecule has 1 rings (SSSR count). The SMILES string of the molecule is CC(CCN)S(=O)CC1CCOCC1. The van der Waals surface area contributed by atoms with Gasteiger partial charge in [0.15, 0.2) is 0 Å². The number of ether oxygens (including phenoxy) is 1. The minimum atomic E-state index is -0.698. The van der Waals surface area contributed by atoms with Crippen LogP contribution in [0.3, 0.4) is 0 Å². The Hall–Kier alpha value is 0.0700. The van der Waals surface area contributed by atoms with Crippen LogP contribution in [-0.4, -0.2) is 35.0 Å². The summed E-state index contributed by atoms with van der Waals surface area (Å²) in [6, 6.07) is 0. The van der Waals surface area contributed by atoms with Crippen LogP contribution in [0.1, 0.15) is 26.2 Å². The van der Waals surface area contributed by atoms with Crippen LogP contribution in [0.4, 0.5) is 0 Å². The Balaban J connectivity index is 2.24. The molecule has 2 N–H and O–H groups in total. The van der Waals surface area contributed by atoms with Crippen LogP contribution in [0, 0.1) is 5.92 Å². The van der Waals surface area contributed by atoms with Gasteiger partial charge in [-0.2, -0.15) is 0 Å². The zero-order valence-electron chi connectivity index (χ0n) is 8.91. The van der Waals surface area contributed by atoms with Crippen LogP contribution in [-0.2, 0) is 15.5 Å². The minimum Gasteiger partial charge on any atom is -0.381 e. The summed E-state index contributed by atoms with van der Waals surface area (Å²) in [7, 11) is -0.698. The molecule has 1 fully saturated rings. The third-order valence-electron chi connectivity index (χ3n) is 2.76. The highest BCUT2D eigenvalue weighted by atomic mass is 32.2. The summed E-state index contributed by atoms with van der Waals surface area (Å²) in [5, 5.41) is 0.253. The van der Waals surface area contributed by atoms with Gasteiger partial charge in [0.2, 0.25) is 0 Å². The first-order valence-corrected chi connectivity index (χ1v) is 6.77. The van der Waals surface area contributed by atoms with Crippen molar-refractivity contribution >= 4 is 10.8 Å². The number of hydrogen-bond acceptors (Lipinski definition) is 3. The van der Waals surface area contributed by atoms with Gasteiger partial charge in [0.1, 0.15) is 0 Å². The molecule has 3 nitrogen and oxygen atoms in total. The standard InChI is InChI=1S/C10H21NO2S/c1-9(2-5-11)14(12)8-10-3-6-13-7-4-10/h9-10H,2-8,11H2,1H3. The summed E-state index contributed by atoms with van der Waals surface area (Å²) >= 11 is 0. The van der Waals surface area contributed by atoms with Crippen molar-refractivity contribution in [2.24, 2.45) is 11.7 Å². The van der Waals surface area contributed by atoms with Crippen LogP contribution in [0.2, 0.25) is 0 Å². The molecule has 0 aromatic rings. The number of rotatable bonds is 5. The molecule has 0 bridgehead atoms. The smallest absolute Gasteiger partial charge is 0.0469 e. The molecular weight excluding hydrogens is 198 g/mol. The maximum absolute atomic E-state index is 11.8.